The number of fused-ring (bicyclic) bond motifs is 7. The molecule has 2 nitrogen and oxygen atoms in total. The number of furan rings is 1. The third-order valence-corrected chi connectivity index (χ3v) is 13.3. The Bertz CT molecular complexity index is 3510. The number of hydrogen-bond donors (Lipinski definition) is 0. The summed E-state index contributed by atoms with van der Waals surface area (Å²) in [7, 11) is 0. The van der Waals surface area contributed by atoms with Gasteiger partial charge in [0.2, 0.25) is 0 Å². The Morgan fingerprint density at radius 2 is 0.810 bits per heavy atom. The van der Waals surface area contributed by atoms with Crippen molar-refractivity contribution in [3.05, 3.63) is 236 Å². The Kier molecular flexibility index (Phi) is 8.55. The Morgan fingerprint density at radius 3 is 1.54 bits per heavy atom. The first-order valence-electron chi connectivity index (χ1n) is 21.8. The molecule has 1 aromatic heterocycles. The lowest BCUT2D eigenvalue weighted by atomic mass is 9.81. The Balaban J connectivity index is 0.902. The Morgan fingerprint density at radius 1 is 0.317 bits per heavy atom. The molecule has 0 aliphatic heterocycles. The summed E-state index contributed by atoms with van der Waals surface area (Å²) in [5, 5.41) is 4.80. The first-order valence-corrected chi connectivity index (χ1v) is 21.8. The lowest BCUT2D eigenvalue weighted by molar-refractivity contribution is 0.660. The quantitative estimate of drug-likeness (QED) is 0.160. The maximum Gasteiger partial charge on any atom is 0.136 e. The highest BCUT2D eigenvalue weighted by atomic mass is 16.3. The Hall–Kier alpha value is -7.94. The molecule has 1 aliphatic rings. The lowest BCUT2D eigenvalue weighted by Crippen LogP contribution is -2.14. The van der Waals surface area contributed by atoms with E-state index in [-0.39, 0.29) is 5.41 Å². The van der Waals surface area contributed by atoms with Crippen molar-refractivity contribution in [1.82, 2.24) is 0 Å². The van der Waals surface area contributed by atoms with Gasteiger partial charge >= 0.3 is 0 Å². The highest BCUT2D eigenvalue weighted by Gasteiger charge is 2.35. The van der Waals surface area contributed by atoms with Crippen molar-refractivity contribution < 1.29 is 4.42 Å². The van der Waals surface area contributed by atoms with Gasteiger partial charge in [-0.05, 0) is 144 Å². The van der Waals surface area contributed by atoms with Gasteiger partial charge < -0.3 is 9.32 Å². The van der Waals surface area contributed by atoms with Gasteiger partial charge in [-0.25, -0.2) is 0 Å². The zero-order chi connectivity index (χ0) is 42.1. The fourth-order valence-corrected chi connectivity index (χ4v) is 9.99. The maximum atomic E-state index is 6.26. The minimum atomic E-state index is -0.0495. The molecule has 0 bridgehead atoms. The topological polar surface area (TPSA) is 16.4 Å². The molecule has 0 radical (unpaired) electrons. The van der Waals surface area contributed by atoms with E-state index < -0.39 is 0 Å². The van der Waals surface area contributed by atoms with Crippen molar-refractivity contribution in [1.29, 1.82) is 0 Å². The third-order valence-electron chi connectivity index (χ3n) is 13.3. The summed E-state index contributed by atoms with van der Waals surface area (Å²) in [6.07, 6.45) is 0. The van der Waals surface area contributed by atoms with Gasteiger partial charge in [-0.2, -0.15) is 0 Å². The van der Waals surface area contributed by atoms with Crippen LogP contribution in [0, 0.1) is 0 Å². The third kappa shape index (κ3) is 6.25. The predicted molar refractivity (Wildman–Crippen MR) is 265 cm³/mol. The van der Waals surface area contributed by atoms with Crippen molar-refractivity contribution in [2.75, 3.05) is 4.90 Å². The van der Waals surface area contributed by atoms with E-state index in [4.69, 9.17) is 4.42 Å². The summed E-state index contributed by atoms with van der Waals surface area (Å²) in [4.78, 5) is 2.36. The molecule has 0 saturated heterocycles. The molecule has 0 amide bonds. The molecule has 1 aliphatic carbocycles. The van der Waals surface area contributed by atoms with Crippen molar-refractivity contribution in [2.24, 2.45) is 0 Å². The predicted octanol–water partition coefficient (Wildman–Crippen LogP) is 17.2. The van der Waals surface area contributed by atoms with Crippen LogP contribution in [0.25, 0.3) is 88.3 Å². The number of anilines is 3. The monoisotopic (exact) mass is 805 g/mol. The van der Waals surface area contributed by atoms with Crippen LogP contribution in [0.4, 0.5) is 17.1 Å². The standard InChI is InChI=1S/C61H43NO/c1-61(2)57-19-7-5-16-53(57)54-35-27-45(38-58(54)61)41-23-31-49(32-24-41)62(50-33-25-42(26-34-50)46-28-36-56-55-17-6-8-20-59(55)63-60(56)39-46)48-29-21-40(22-30-48)44-13-9-14-47(37-44)52-18-10-12-43-11-3-4-15-51(43)52/h3-39H,1-2H3. The first kappa shape index (κ1) is 36.9. The number of nitrogens with zero attached hydrogens (tertiary/aromatic N) is 1. The van der Waals surface area contributed by atoms with E-state index >= 15 is 0 Å². The van der Waals surface area contributed by atoms with Gasteiger partial charge in [0.05, 0.1) is 0 Å². The molecule has 0 fully saturated rings. The van der Waals surface area contributed by atoms with Gasteiger partial charge in [0, 0.05) is 33.2 Å². The molecule has 0 N–H and O–H groups in total. The van der Waals surface area contributed by atoms with Crippen molar-refractivity contribution in [3.8, 4) is 55.6 Å². The zero-order valence-electron chi connectivity index (χ0n) is 35.2. The molecule has 0 spiro atoms. The van der Waals surface area contributed by atoms with Gasteiger partial charge in [0.25, 0.3) is 0 Å². The summed E-state index contributed by atoms with van der Waals surface area (Å²) in [6, 6.07) is 81.6. The zero-order valence-corrected chi connectivity index (χ0v) is 35.2. The molecule has 0 saturated carbocycles. The van der Waals surface area contributed by atoms with E-state index in [1.54, 1.807) is 0 Å². The largest absolute Gasteiger partial charge is 0.456 e. The maximum absolute atomic E-state index is 6.26. The van der Waals surface area contributed by atoms with Gasteiger partial charge in [-0.3, -0.25) is 0 Å². The lowest BCUT2D eigenvalue weighted by Gasteiger charge is -2.26. The van der Waals surface area contributed by atoms with Crippen LogP contribution in [0.2, 0.25) is 0 Å². The summed E-state index contributed by atoms with van der Waals surface area (Å²) >= 11 is 0. The average molecular weight is 806 g/mol. The smallest absolute Gasteiger partial charge is 0.136 e. The SMILES string of the molecule is CC1(C)c2ccccc2-c2ccc(-c3ccc(N(c4ccc(-c5cccc(-c6cccc7ccccc67)c5)cc4)c4ccc(-c5ccc6c(c5)oc5ccccc56)cc4)cc3)cc21. The van der Waals surface area contributed by atoms with Crippen LogP contribution >= 0.6 is 0 Å². The number of benzene rings is 10. The molecule has 0 atom stereocenters. The van der Waals surface area contributed by atoms with Crippen LogP contribution in [-0.2, 0) is 5.41 Å². The Labute approximate surface area is 368 Å². The van der Waals surface area contributed by atoms with Crippen molar-refractivity contribution >= 4 is 49.8 Å². The van der Waals surface area contributed by atoms with Crippen LogP contribution in [0.15, 0.2) is 229 Å². The molecule has 0 unspecified atom stereocenters. The molecule has 63 heavy (non-hydrogen) atoms. The summed E-state index contributed by atoms with van der Waals surface area (Å²) in [6.45, 7) is 4.69. The second-order valence-corrected chi connectivity index (χ2v) is 17.3. The van der Waals surface area contributed by atoms with Crippen LogP contribution in [0.5, 0.6) is 0 Å². The fraction of sp³-hybridized carbons (Fsp3) is 0.0492. The van der Waals surface area contributed by atoms with Gasteiger partial charge in [-0.1, -0.05) is 172 Å². The molecule has 11 aromatic rings. The van der Waals surface area contributed by atoms with Crippen LogP contribution in [-0.4, -0.2) is 0 Å². The second kappa shape index (κ2) is 14.6. The van der Waals surface area contributed by atoms with E-state index in [0.717, 1.165) is 50.1 Å². The molecular weight excluding hydrogens is 763 g/mol. The fourth-order valence-electron chi connectivity index (χ4n) is 9.99. The summed E-state index contributed by atoms with van der Waals surface area (Å²) in [5.41, 5.74) is 20.0. The van der Waals surface area contributed by atoms with E-state index in [1.807, 2.05) is 12.1 Å². The first-order chi connectivity index (χ1) is 31.0. The molecule has 12 rings (SSSR count). The molecule has 10 aromatic carbocycles. The molecule has 298 valence electrons. The molecular formula is C61H43NO. The van der Waals surface area contributed by atoms with Gasteiger partial charge in [0.15, 0.2) is 0 Å². The average Bonchev–Trinajstić information content (AvgIpc) is 3.83. The normalized spacial score (nSPS) is 12.7. The van der Waals surface area contributed by atoms with Crippen LogP contribution < -0.4 is 4.90 Å². The summed E-state index contributed by atoms with van der Waals surface area (Å²) < 4.78 is 6.26. The molecule has 1 heterocycles. The number of rotatable bonds is 7. The van der Waals surface area contributed by atoms with Crippen molar-refractivity contribution in [3.63, 3.8) is 0 Å². The minimum Gasteiger partial charge on any atom is -0.456 e. The van der Waals surface area contributed by atoms with Crippen LogP contribution in [0.3, 0.4) is 0 Å². The van der Waals surface area contributed by atoms with E-state index in [1.165, 1.54) is 66.4 Å². The number of para-hydroxylation sites is 1. The second-order valence-electron chi connectivity index (χ2n) is 17.3. The molecule has 2 heteroatoms. The summed E-state index contributed by atoms with van der Waals surface area (Å²) in [5.74, 6) is 0. The number of hydrogen-bond acceptors (Lipinski definition) is 2. The highest BCUT2D eigenvalue weighted by Crippen LogP contribution is 2.50. The van der Waals surface area contributed by atoms with E-state index in [2.05, 4.69) is 231 Å². The van der Waals surface area contributed by atoms with Gasteiger partial charge in [0.1, 0.15) is 11.2 Å². The van der Waals surface area contributed by atoms with Crippen LogP contribution in [0.1, 0.15) is 25.0 Å². The van der Waals surface area contributed by atoms with Crippen molar-refractivity contribution in [2.45, 2.75) is 19.3 Å². The highest BCUT2D eigenvalue weighted by molar-refractivity contribution is 6.06. The van der Waals surface area contributed by atoms with Gasteiger partial charge in [-0.15, -0.1) is 0 Å². The van der Waals surface area contributed by atoms with E-state index in [0.29, 0.717) is 0 Å². The minimum absolute atomic E-state index is 0.0495. The van der Waals surface area contributed by atoms with E-state index in [9.17, 15) is 0 Å².